The van der Waals surface area contributed by atoms with Crippen molar-refractivity contribution in [1.29, 1.82) is 5.26 Å². The zero-order chi connectivity index (χ0) is 28.2. The highest BCUT2D eigenvalue weighted by molar-refractivity contribution is 6.29. The van der Waals surface area contributed by atoms with Gasteiger partial charge < -0.3 is 21.3 Å². The van der Waals surface area contributed by atoms with Crippen molar-refractivity contribution in [2.75, 3.05) is 16.0 Å². The van der Waals surface area contributed by atoms with Crippen molar-refractivity contribution in [1.82, 2.24) is 34.7 Å². The van der Waals surface area contributed by atoms with Gasteiger partial charge in [-0.3, -0.25) is 14.3 Å². The number of carbonyl (C=O) groups is 2. The summed E-state index contributed by atoms with van der Waals surface area (Å²) < 4.78 is 3.25. The number of hydrogen-bond acceptors (Lipinski definition) is 9. The first kappa shape index (κ1) is 26.9. The zero-order valence-electron chi connectivity index (χ0n) is 22.0. The third-order valence-corrected chi connectivity index (χ3v) is 6.95. The summed E-state index contributed by atoms with van der Waals surface area (Å²) in [5.41, 5.74) is 2.78. The second-order valence-corrected chi connectivity index (χ2v) is 10.0. The minimum absolute atomic E-state index is 0.0459. The van der Waals surface area contributed by atoms with E-state index in [4.69, 9.17) is 22.0 Å². The average molecular weight is 562 g/mol. The number of halogens is 1. The van der Waals surface area contributed by atoms with Crippen molar-refractivity contribution in [3.05, 3.63) is 53.2 Å². The predicted molar refractivity (Wildman–Crippen MR) is 149 cm³/mol. The molecule has 1 saturated carbocycles. The van der Waals surface area contributed by atoms with E-state index in [1.54, 1.807) is 16.8 Å². The molecule has 4 heterocycles. The second-order valence-electron chi connectivity index (χ2n) is 9.66. The van der Waals surface area contributed by atoms with E-state index in [1.807, 2.05) is 32.2 Å². The molecule has 1 aliphatic carbocycles. The maximum absolute atomic E-state index is 13.2. The van der Waals surface area contributed by atoms with Crippen molar-refractivity contribution in [3.63, 3.8) is 0 Å². The Kier molecular flexibility index (Phi) is 7.79. The van der Waals surface area contributed by atoms with E-state index in [0.717, 1.165) is 31.4 Å². The van der Waals surface area contributed by atoms with Crippen LogP contribution in [0.5, 0.6) is 0 Å². The minimum Gasteiger partial charge on any atom is -0.366 e. The molecular weight excluding hydrogens is 534 g/mol. The largest absolute Gasteiger partial charge is 0.366 e. The molecule has 40 heavy (non-hydrogen) atoms. The fraction of sp³-hybridized carbons (Fsp3) is 0.346. The number of nitriles is 1. The standard InChI is InChI=1S/C26H28ClN11O2/c1-15-11-22(35-37(15)2)34-19-13-23(31-16-3-5-17(6-4-16)32-24(39)7-9-28)36-38-20(14-30-25(19)38)26(40)33-18-8-10-29-21(27)12-18/h8,10-14,16-17H,3-7H2,1-2H3,(H,31,36)(H,32,39)(H,34,35)(H,29,33,40)/t16-,17-. The molecule has 0 bridgehead atoms. The first-order valence-corrected chi connectivity index (χ1v) is 13.2. The number of hydrogen-bond donors (Lipinski definition) is 4. The van der Waals surface area contributed by atoms with E-state index in [1.165, 1.54) is 16.9 Å². The molecule has 206 valence electrons. The highest BCUT2D eigenvalue weighted by Gasteiger charge is 2.24. The van der Waals surface area contributed by atoms with Gasteiger partial charge in [-0.2, -0.15) is 10.4 Å². The topological polar surface area (TPSA) is 167 Å². The number of aryl methyl sites for hydroxylation is 2. The lowest BCUT2D eigenvalue weighted by Gasteiger charge is -2.30. The molecule has 0 spiro atoms. The van der Waals surface area contributed by atoms with Gasteiger partial charge in [0, 0.05) is 48.8 Å². The molecule has 4 aromatic heterocycles. The normalized spacial score (nSPS) is 16.8. The predicted octanol–water partition coefficient (Wildman–Crippen LogP) is 3.57. The summed E-state index contributed by atoms with van der Waals surface area (Å²) in [5, 5.41) is 30.7. The molecule has 1 fully saturated rings. The maximum atomic E-state index is 13.2. The summed E-state index contributed by atoms with van der Waals surface area (Å²) in [6.07, 6.45) is 6.01. The Bertz CT molecular complexity index is 1580. The van der Waals surface area contributed by atoms with Gasteiger partial charge in [-0.15, -0.1) is 5.10 Å². The van der Waals surface area contributed by atoms with Gasteiger partial charge in [0.1, 0.15) is 17.4 Å². The summed E-state index contributed by atoms with van der Waals surface area (Å²) in [5.74, 6) is 0.533. The number of imidazole rings is 1. The van der Waals surface area contributed by atoms with Crippen LogP contribution in [0, 0.1) is 18.3 Å². The molecule has 0 saturated heterocycles. The van der Waals surface area contributed by atoms with E-state index < -0.39 is 5.91 Å². The molecule has 13 nitrogen and oxygen atoms in total. The van der Waals surface area contributed by atoms with E-state index >= 15 is 0 Å². The molecule has 4 N–H and O–H groups in total. The summed E-state index contributed by atoms with van der Waals surface area (Å²) >= 11 is 5.97. The second kappa shape index (κ2) is 11.6. The van der Waals surface area contributed by atoms with Crippen LogP contribution >= 0.6 is 11.6 Å². The van der Waals surface area contributed by atoms with Gasteiger partial charge in [0.2, 0.25) is 5.91 Å². The molecule has 5 rings (SSSR count). The van der Waals surface area contributed by atoms with Crippen LogP contribution in [0.15, 0.2) is 36.7 Å². The van der Waals surface area contributed by atoms with E-state index in [-0.39, 0.29) is 35.3 Å². The van der Waals surface area contributed by atoms with Crippen molar-refractivity contribution >= 4 is 52.1 Å². The van der Waals surface area contributed by atoms with Gasteiger partial charge in [-0.25, -0.2) is 14.5 Å². The third kappa shape index (κ3) is 6.13. The highest BCUT2D eigenvalue weighted by atomic mass is 35.5. The van der Waals surface area contributed by atoms with Crippen molar-refractivity contribution in [2.45, 2.75) is 51.1 Å². The van der Waals surface area contributed by atoms with E-state index in [2.05, 4.69) is 36.3 Å². The Balaban J connectivity index is 1.40. The SMILES string of the molecule is Cc1cc(Nc2cc(N[C@H]3CC[C@H](NC(=O)CC#N)CC3)nn3c(C(=O)Nc4ccnc(Cl)c4)cnc23)nn1C. The number of rotatable bonds is 8. The number of aromatic nitrogens is 6. The molecule has 2 amide bonds. The quantitative estimate of drug-likeness (QED) is 0.235. The summed E-state index contributed by atoms with van der Waals surface area (Å²) in [6.45, 7) is 1.95. The summed E-state index contributed by atoms with van der Waals surface area (Å²) in [6, 6.07) is 8.99. The van der Waals surface area contributed by atoms with Gasteiger partial charge in [0.15, 0.2) is 17.2 Å². The van der Waals surface area contributed by atoms with Gasteiger partial charge >= 0.3 is 0 Å². The van der Waals surface area contributed by atoms with Crippen LogP contribution < -0.4 is 21.3 Å². The van der Waals surface area contributed by atoms with Crippen molar-refractivity contribution in [3.8, 4) is 6.07 Å². The molecule has 0 aliphatic heterocycles. The fourth-order valence-corrected chi connectivity index (χ4v) is 4.84. The first-order chi connectivity index (χ1) is 19.3. The fourth-order valence-electron chi connectivity index (χ4n) is 4.66. The molecular formula is C26H28ClN11O2. The number of carbonyl (C=O) groups excluding carboxylic acids is 2. The zero-order valence-corrected chi connectivity index (χ0v) is 22.7. The number of anilines is 4. The van der Waals surface area contributed by atoms with Crippen LogP contribution in [-0.2, 0) is 11.8 Å². The molecule has 0 radical (unpaired) electrons. The van der Waals surface area contributed by atoms with Crippen LogP contribution in [0.3, 0.4) is 0 Å². The summed E-state index contributed by atoms with van der Waals surface area (Å²) in [4.78, 5) is 33.4. The third-order valence-electron chi connectivity index (χ3n) is 6.75. The van der Waals surface area contributed by atoms with Crippen LogP contribution in [0.1, 0.15) is 48.3 Å². The summed E-state index contributed by atoms with van der Waals surface area (Å²) in [7, 11) is 1.86. The molecule has 0 aromatic carbocycles. The lowest BCUT2D eigenvalue weighted by Crippen LogP contribution is -2.40. The Morgan fingerprint density at radius 1 is 1.10 bits per heavy atom. The maximum Gasteiger partial charge on any atom is 0.276 e. The van der Waals surface area contributed by atoms with E-state index in [0.29, 0.717) is 28.7 Å². The van der Waals surface area contributed by atoms with Crippen molar-refractivity contribution in [2.24, 2.45) is 7.05 Å². The van der Waals surface area contributed by atoms with Gasteiger partial charge in [-0.1, -0.05) is 11.6 Å². The molecule has 0 atom stereocenters. The van der Waals surface area contributed by atoms with Gasteiger partial charge in [-0.05, 0) is 44.7 Å². The number of pyridine rings is 1. The Morgan fingerprint density at radius 3 is 2.58 bits per heavy atom. The lowest BCUT2D eigenvalue weighted by atomic mass is 9.91. The van der Waals surface area contributed by atoms with Crippen molar-refractivity contribution < 1.29 is 9.59 Å². The smallest absolute Gasteiger partial charge is 0.276 e. The molecule has 0 unspecified atom stereocenters. The number of fused-ring (bicyclic) bond motifs is 1. The minimum atomic E-state index is -0.410. The van der Waals surface area contributed by atoms with Gasteiger partial charge in [0.05, 0.1) is 18.0 Å². The van der Waals surface area contributed by atoms with Crippen LogP contribution in [-0.4, -0.2) is 53.3 Å². The van der Waals surface area contributed by atoms with Gasteiger partial charge in [0.25, 0.3) is 5.91 Å². The van der Waals surface area contributed by atoms with E-state index in [9.17, 15) is 9.59 Å². The highest BCUT2D eigenvalue weighted by Crippen LogP contribution is 2.27. The Labute approximate surface area is 234 Å². The Hall–Kier alpha value is -4.70. The molecule has 14 heteroatoms. The first-order valence-electron chi connectivity index (χ1n) is 12.8. The number of amides is 2. The number of nitrogens with one attached hydrogen (secondary N) is 4. The van der Waals surface area contributed by atoms with Crippen LogP contribution in [0.25, 0.3) is 5.65 Å². The Morgan fingerprint density at radius 2 is 1.88 bits per heavy atom. The molecule has 1 aliphatic rings. The lowest BCUT2D eigenvalue weighted by molar-refractivity contribution is -0.121. The number of nitrogens with zero attached hydrogens (tertiary/aromatic N) is 7. The monoisotopic (exact) mass is 561 g/mol. The average Bonchev–Trinajstić information content (AvgIpc) is 3.48. The van der Waals surface area contributed by atoms with Crippen LogP contribution in [0.4, 0.5) is 23.0 Å². The molecule has 4 aromatic rings. The van der Waals surface area contributed by atoms with Crippen LogP contribution in [0.2, 0.25) is 5.15 Å².